The molecule has 0 amide bonds. The summed E-state index contributed by atoms with van der Waals surface area (Å²) in [5.74, 6) is 1.25. The van der Waals surface area contributed by atoms with E-state index in [2.05, 4.69) is 27.9 Å². The van der Waals surface area contributed by atoms with Crippen molar-refractivity contribution in [2.24, 2.45) is 5.92 Å². The second-order valence-electron chi connectivity index (χ2n) is 9.28. The lowest BCUT2D eigenvalue weighted by atomic mass is 9.90. The molecule has 1 heterocycles. The summed E-state index contributed by atoms with van der Waals surface area (Å²) >= 11 is 6.47. The number of rotatable bonds is 10. The van der Waals surface area contributed by atoms with E-state index in [1.165, 1.54) is 18.9 Å². The molecule has 32 heavy (non-hydrogen) atoms. The zero-order chi connectivity index (χ0) is 22.5. The fourth-order valence-electron chi connectivity index (χ4n) is 4.46. The number of methoxy groups -OCH3 is 1. The van der Waals surface area contributed by atoms with E-state index in [4.69, 9.17) is 16.3 Å². The quantitative estimate of drug-likeness (QED) is 0.424. The van der Waals surface area contributed by atoms with Gasteiger partial charge in [0.2, 0.25) is 0 Å². The van der Waals surface area contributed by atoms with Crippen LogP contribution in [0.1, 0.15) is 45.4 Å². The van der Waals surface area contributed by atoms with Crippen molar-refractivity contribution in [3.8, 4) is 11.1 Å². The standard InChI is InChI=1S/C25H34ClFN4O/c1-16(15-32-2)30-19-6-8-20(9-7-19)31-25-12-21(22(26)14-29-25)18-5-10-23(27)24(11-18)28-13-17-3-4-17/h5,10-12,14,16-17,19-20,28,30H,3-4,6-9,13,15H2,1-2H3,(H,29,31). The van der Waals surface area contributed by atoms with E-state index in [-0.39, 0.29) is 5.82 Å². The molecule has 2 saturated carbocycles. The largest absolute Gasteiger partial charge is 0.383 e. The van der Waals surface area contributed by atoms with Gasteiger partial charge in [0.15, 0.2) is 0 Å². The predicted molar refractivity (Wildman–Crippen MR) is 130 cm³/mol. The fourth-order valence-corrected chi connectivity index (χ4v) is 4.67. The van der Waals surface area contributed by atoms with Crippen molar-refractivity contribution in [2.45, 2.75) is 63.6 Å². The summed E-state index contributed by atoms with van der Waals surface area (Å²) < 4.78 is 19.5. The number of benzene rings is 1. The Bertz CT molecular complexity index is 900. The fraction of sp³-hybridized carbons (Fsp3) is 0.560. The van der Waals surface area contributed by atoms with Crippen molar-refractivity contribution in [3.63, 3.8) is 0 Å². The van der Waals surface area contributed by atoms with E-state index in [0.29, 0.717) is 34.8 Å². The second kappa shape index (κ2) is 10.8. The molecule has 4 rings (SSSR count). The van der Waals surface area contributed by atoms with Crippen LogP contribution in [0.25, 0.3) is 11.1 Å². The van der Waals surface area contributed by atoms with Crippen LogP contribution in [0, 0.1) is 11.7 Å². The molecule has 0 radical (unpaired) electrons. The molecule has 0 saturated heterocycles. The molecule has 2 fully saturated rings. The van der Waals surface area contributed by atoms with Gasteiger partial charge in [0, 0.05) is 43.5 Å². The van der Waals surface area contributed by atoms with Gasteiger partial charge < -0.3 is 20.7 Å². The van der Waals surface area contributed by atoms with Crippen LogP contribution in [0.3, 0.4) is 0 Å². The Balaban J connectivity index is 1.38. The molecule has 1 atom stereocenters. The number of hydrogen-bond donors (Lipinski definition) is 3. The molecule has 0 spiro atoms. The van der Waals surface area contributed by atoms with Gasteiger partial charge in [-0.15, -0.1) is 0 Å². The number of ether oxygens (including phenoxy) is 1. The minimum Gasteiger partial charge on any atom is -0.383 e. The van der Waals surface area contributed by atoms with Gasteiger partial charge in [-0.1, -0.05) is 17.7 Å². The van der Waals surface area contributed by atoms with Gasteiger partial charge in [-0.05, 0) is 75.1 Å². The van der Waals surface area contributed by atoms with Crippen molar-refractivity contribution in [2.75, 3.05) is 30.9 Å². The maximum absolute atomic E-state index is 14.3. The van der Waals surface area contributed by atoms with Crippen LogP contribution in [0.2, 0.25) is 5.02 Å². The molecule has 174 valence electrons. The number of anilines is 2. The Morgan fingerprint density at radius 1 is 1.12 bits per heavy atom. The van der Waals surface area contributed by atoms with Crippen LogP contribution in [-0.2, 0) is 4.74 Å². The number of aromatic nitrogens is 1. The van der Waals surface area contributed by atoms with E-state index in [0.717, 1.165) is 55.8 Å². The third kappa shape index (κ3) is 6.33. The average molecular weight is 461 g/mol. The van der Waals surface area contributed by atoms with E-state index in [1.54, 1.807) is 19.4 Å². The monoisotopic (exact) mass is 460 g/mol. The van der Waals surface area contributed by atoms with Gasteiger partial charge >= 0.3 is 0 Å². The zero-order valence-corrected chi connectivity index (χ0v) is 19.7. The lowest BCUT2D eigenvalue weighted by Gasteiger charge is -2.32. The number of nitrogens with one attached hydrogen (secondary N) is 3. The summed E-state index contributed by atoms with van der Waals surface area (Å²) in [6.45, 7) is 3.71. The smallest absolute Gasteiger partial charge is 0.146 e. The molecule has 3 N–H and O–H groups in total. The summed E-state index contributed by atoms with van der Waals surface area (Å²) in [6, 6.07) is 8.40. The lowest BCUT2D eigenvalue weighted by Crippen LogP contribution is -2.42. The maximum Gasteiger partial charge on any atom is 0.146 e. The highest BCUT2D eigenvalue weighted by Crippen LogP contribution is 2.34. The molecular weight excluding hydrogens is 427 g/mol. The average Bonchev–Trinajstić information content (AvgIpc) is 3.61. The minimum absolute atomic E-state index is 0.233. The van der Waals surface area contributed by atoms with Crippen molar-refractivity contribution >= 4 is 23.1 Å². The van der Waals surface area contributed by atoms with Gasteiger partial charge in [-0.2, -0.15) is 0 Å². The summed E-state index contributed by atoms with van der Waals surface area (Å²) in [5, 5.41) is 11.0. The summed E-state index contributed by atoms with van der Waals surface area (Å²) in [7, 11) is 1.74. The molecule has 7 heteroatoms. The Morgan fingerprint density at radius 3 is 2.59 bits per heavy atom. The van der Waals surface area contributed by atoms with Crippen molar-refractivity contribution in [1.82, 2.24) is 10.3 Å². The predicted octanol–water partition coefficient (Wildman–Crippen LogP) is 5.71. The van der Waals surface area contributed by atoms with Gasteiger partial charge in [0.05, 0.1) is 17.3 Å². The Hall–Kier alpha value is -1.89. The molecule has 2 aromatic rings. The molecular formula is C25H34ClFN4O. The van der Waals surface area contributed by atoms with Crippen LogP contribution in [-0.4, -0.2) is 43.4 Å². The molecule has 1 unspecified atom stereocenters. The number of nitrogens with zero attached hydrogens (tertiary/aromatic N) is 1. The van der Waals surface area contributed by atoms with Crippen molar-refractivity contribution < 1.29 is 9.13 Å². The Kier molecular flexibility index (Phi) is 7.87. The topological polar surface area (TPSA) is 58.2 Å². The van der Waals surface area contributed by atoms with Crippen molar-refractivity contribution in [3.05, 3.63) is 41.3 Å². The first-order chi connectivity index (χ1) is 15.5. The zero-order valence-electron chi connectivity index (χ0n) is 19.0. The van der Waals surface area contributed by atoms with Crippen LogP contribution < -0.4 is 16.0 Å². The highest BCUT2D eigenvalue weighted by atomic mass is 35.5. The van der Waals surface area contributed by atoms with Crippen molar-refractivity contribution in [1.29, 1.82) is 0 Å². The first-order valence-corrected chi connectivity index (χ1v) is 12.1. The van der Waals surface area contributed by atoms with Gasteiger partial charge in [-0.3, -0.25) is 0 Å². The van der Waals surface area contributed by atoms with Crippen LogP contribution in [0.5, 0.6) is 0 Å². The first kappa shape index (κ1) is 23.3. The summed E-state index contributed by atoms with van der Waals surface area (Å²) in [6.07, 6.45) is 8.55. The molecule has 1 aromatic heterocycles. The van der Waals surface area contributed by atoms with Gasteiger partial charge in [0.1, 0.15) is 11.6 Å². The first-order valence-electron chi connectivity index (χ1n) is 11.7. The van der Waals surface area contributed by atoms with Gasteiger partial charge in [0.25, 0.3) is 0 Å². The highest BCUT2D eigenvalue weighted by molar-refractivity contribution is 6.33. The highest BCUT2D eigenvalue weighted by Gasteiger charge is 2.23. The molecule has 0 bridgehead atoms. The lowest BCUT2D eigenvalue weighted by molar-refractivity contribution is 0.161. The van der Waals surface area contributed by atoms with E-state index in [1.807, 2.05) is 12.1 Å². The second-order valence-corrected chi connectivity index (χ2v) is 9.69. The molecule has 5 nitrogen and oxygen atoms in total. The van der Waals surface area contributed by atoms with Gasteiger partial charge in [-0.25, -0.2) is 9.37 Å². The molecule has 1 aromatic carbocycles. The van der Waals surface area contributed by atoms with E-state index in [9.17, 15) is 4.39 Å². The van der Waals surface area contributed by atoms with E-state index >= 15 is 0 Å². The summed E-state index contributed by atoms with van der Waals surface area (Å²) in [4.78, 5) is 4.49. The Labute approximate surface area is 195 Å². The maximum atomic E-state index is 14.3. The third-order valence-corrected chi connectivity index (χ3v) is 6.73. The number of pyridine rings is 1. The van der Waals surface area contributed by atoms with Crippen LogP contribution in [0.4, 0.5) is 15.9 Å². The number of hydrogen-bond acceptors (Lipinski definition) is 5. The third-order valence-electron chi connectivity index (χ3n) is 6.43. The minimum atomic E-state index is -0.233. The normalized spacial score (nSPS) is 21.9. The molecule has 0 aliphatic heterocycles. The molecule has 2 aliphatic carbocycles. The van der Waals surface area contributed by atoms with Crippen LogP contribution >= 0.6 is 11.6 Å². The summed E-state index contributed by atoms with van der Waals surface area (Å²) in [5.41, 5.74) is 2.29. The molecule has 2 aliphatic rings. The number of halogens is 2. The van der Waals surface area contributed by atoms with Crippen LogP contribution in [0.15, 0.2) is 30.5 Å². The Morgan fingerprint density at radius 2 is 1.88 bits per heavy atom. The van der Waals surface area contributed by atoms with E-state index < -0.39 is 0 Å². The SMILES string of the molecule is COCC(C)NC1CCC(Nc2cc(-c3ccc(F)c(NCC4CC4)c3)c(Cl)cn2)CC1.